The van der Waals surface area contributed by atoms with Crippen molar-refractivity contribution in [2.45, 2.75) is 0 Å². The molecule has 0 aromatic carbocycles. The summed E-state index contributed by atoms with van der Waals surface area (Å²) in [4.78, 5) is 3.67. The van der Waals surface area contributed by atoms with Gasteiger partial charge in [-0.05, 0) is 0 Å². The van der Waals surface area contributed by atoms with E-state index in [1.165, 1.54) is 0 Å². The SMILES string of the molecule is COO[Cl+2]([O-])[O-]. The summed E-state index contributed by atoms with van der Waals surface area (Å²) in [6.45, 7) is 0. The van der Waals surface area contributed by atoms with Crippen LogP contribution < -0.4 is 9.32 Å². The lowest BCUT2D eigenvalue weighted by molar-refractivity contribution is -1.64. The molecule has 0 saturated carbocycles. The highest BCUT2D eigenvalue weighted by Crippen LogP contribution is 1.71. The molecule has 0 amide bonds. The molecular formula is CH3ClO4. The highest BCUT2D eigenvalue weighted by Gasteiger charge is 2.02. The zero-order valence-corrected chi connectivity index (χ0v) is 3.77. The van der Waals surface area contributed by atoms with E-state index in [-0.39, 0.29) is 0 Å². The third-order valence-corrected chi connectivity index (χ3v) is 0.343. The van der Waals surface area contributed by atoms with E-state index in [0.29, 0.717) is 0 Å². The zero-order chi connectivity index (χ0) is 4.99. The maximum atomic E-state index is 9.22. The minimum absolute atomic E-state index is 1.10. The van der Waals surface area contributed by atoms with Gasteiger partial charge in [0.2, 0.25) is 0 Å². The Hall–Kier alpha value is 0.130. The second kappa shape index (κ2) is 3.32. The highest BCUT2D eigenvalue weighted by atomic mass is 35.6. The molecule has 0 spiro atoms. The number of halogens is 1. The van der Waals surface area contributed by atoms with Gasteiger partial charge in [-0.2, -0.15) is 0 Å². The van der Waals surface area contributed by atoms with Crippen molar-refractivity contribution in [3.8, 4) is 0 Å². The van der Waals surface area contributed by atoms with Gasteiger partial charge in [-0.3, -0.25) is 0 Å². The first-order valence-corrected chi connectivity index (χ1v) is 1.96. The van der Waals surface area contributed by atoms with Gasteiger partial charge in [0, 0.05) is 0 Å². The van der Waals surface area contributed by atoms with Crippen LogP contribution in [0.4, 0.5) is 0 Å². The van der Waals surface area contributed by atoms with Crippen molar-refractivity contribution in [2.24, 2.45) is 0 Å². The van der Waals surface area contributed by atoms with E-state index in [9.17, 15) is 9.32 Å². The number of hydrogen-bond acceptors (Lipinski definition) is 4. The molecule has 0 unspecified atom stereocenters. The maximum absolute atomic E-state index is 9.22. The fourth-order valence-corrected chi connectivity index (χ4v) is 0.154. The van der Waals surface area contributed by atoms with Crippen LogP contribution in [0.25, 0.3) is 0 Å². The molecule has 0 aliphatic heterocycles. The second-order valence-electron chi connectivity index (χ2n) is 0.419. The topological polar surface area (TPSA) is 64.6 Å². The molecule has 0 aliphatic rings. The number of rotatable bonds is 2. The molecule has 38 valence electrons. The van der Waals surface area contributed by atoms with Crippen LogP contribution >= 0.6 is 0 Å². The molecule has 5 heteroatoms. The Labute approximate surface area is 37.6 Å². The molecule has 6 heavy (non-hydrogen) atoms. The predicted octanol–water partition coefficient (Wildman–Crippen LogP) is -2.35. The quantitative estimate of drug-likeness (QED) is 0.298. The van der Waals surface area contributed by atoms with Gasteiger partial charge >= 0.3 is 10.8 Å². The van der Waals surface area contributed by atoms with Crippen molar-refractivity contribution in [2.75, 3.05) is 7.11 Å². The minimum Gasteiger partial charge on any atom is -0.318 e. The molecule has 0 rings (SSSR count). The van der Waals surface area contributed by atoms with Gasteiger partial charge in [0.25, 0.3) is 0 Å². The molecule has 0 bridgehead atoms. The molecule has 0 aromatic heterocycles. The molecule has 0 aromatic rings. The van der Waals surface area contributed by atoms with Crippen molar-refractivity contribution >= 4 is 0 Å². The van der Waals surface area contributed by atoms with Gasteiger partial charge in [-0.1, -0.05) is 0 Å². The molecular weight excluding hydrogens is 111 g/mol. The van der Waals surface area contributed by atoms with Gasteiger partial charge < -0.3 is 9.32 Å². The summed E-state index contributed by atoms with van der Waals surface area (Å²) < 4.78 is 21.9. The Morgan fingerprint density at radius 3 is 2.00 bits per heavy atom. The summed E-state index contributed by atoms with van der Waals surface area (Å²) in [6, 6.07) is 0. The van der Waals surface area contributed by atoms with Gasteiger partial charge in [0.1, 0.15) is 0 Å². The maximum Gasteiger partial charge on any atom is 0.328 e. The fourth-order valence-electron chi connectivity index (χ4n) is 0.0514. The first kappa shape index (κ1) is 6.13. The number of hydrogen-bond donors (Lipinski definition) is 0. The third kappa shape index (κ3) is 4.13. The van der Waals surface area contributed by atoms with Crippen LogP contribution in [0, 0.1) is 10.8 Å². The van der Waals surface area contributed by atoms with Gasteiger partial charge in [0.05, 0.1) is 7.11 Å². The van der Waals surface area contributed by atoms with Crippen molar-refractivity contribution < 1.29 is 29.4 Å². The first-order valence-electron chi connectivity index (χ1n) is 1.04. The summed E-state index contributed by atoms with van der Waals surface area (Å²) >= 11 is 0. The van der Waals surface area contributed by atoms with Crippen molar-refractivity contribution in [1.29, 1.82) is 0 Å². The lowest BCUT2D eigenvalue weighted by atomic mass is 11.8. The van der Waals surface area contributed by atoms with Crippen molar-refractivity contribution in [3.05, 3.63) is 0 Å². The Morgan fingerprint density at radius 1 is 1.50 bits per heavy atom. The normalized spacial score (nSPS) is 10.0. The Bertz CT molecular complexity index is 28.7. The van der Waals surface area contributed by atoms with Crippen LogP contribution in [0.2, 0.25) is 0 Å². The highest BCUT2D eigenvalue weighted by molar-refractivity contribution is 3.34. The molecule has 0 atom stereocenters. The summed E-state index contributed by atoms with van der Waals surface area (Å²) in [5.74, 6) is 0. The summed E-state index contributed by atoms with van der Waals surface area (Å²) in [6.07, 6.45) is 0. The molecule has 0 heterocycles. The van der Waals surface area contributed by atoms with Crippen LogP contribution in [0.15, 0.2) is 0 Å². The van der Waals surface area contributed by atoms with E-state index in [1.54, 1.807) is 0 Å². The van der Waals surface area contributed by atoms with E-state index in [2.05, 4.69) is 9.33 Å². The molecule has 4 nitrogen and oxygen atoms in total. The standard InChI is InChI=1S/CH3ClO4/c1-5-6-2(3)4/h1H3. The summed E-state index contributed by atoms with van der Waals surface area (Å²) in [5, 5.41) is 0. The average molecular weight is 114 g/mol. The Kier molecular flexibility index (Phi) is 3.40. The zero-order valence-electron chi connectivity index (χ0n) is 3.01. The van der Waals surface area contributed by atoms with Crippen molar-refractivity contribution in [3.63, 3.8) is 0 Å². The average Bonchev–Trinajstić information content (AvgIpc) is 1.35. The van der Waals surface area contributed by atoms with E-state index in [1.807, 2.05) is 0 Å². The summed E-state index contributed by atoms with van der Waals surface area (Å²) in [7, 11) is -1.16. The third-order valence-electron chi connectivity index (χ3n) is 0.114. The molecule has 0 saturated heterocycles. The van der Waals surface area contributed by atoms with Gasteiger partial charge in [0.15, 0.2) is 4.44 Å². The molecule has 0 N–H and O–H groups in total. The van der Waals surface area contributed by atoms with Gasteiger partial charge in [-0.25, -0.2) is 0 Å². The van der Waals surface area contributed by atoms with Crippen LogP contribution in [0.3, 0.4) is 0 Å². The van der Waals surface area contributed by atoms with E-state index in [0.717, 1.165) is 7.11 Å². The fraction of sp³-hybridized carbons (Fsp3) is 1.00. The molecule has 0 aliphatic carbocycles. The monoisotopic (exact) mass is 114 g/mol. The van der Waals surface area contributed by atoms with Crippen LogP contribution in [0.1, 0.15) is 0 Å². The lowest BCUT2D eigenvalue weighted by Gasteiger charge is -1.83. The second-order valence-corrected chi connectivity index (χ2v) is 0.923. The van der Waals surface area contributed by atoms with E-state index >= 15 is 0 Å². The van der Waals surface area contributed by atoms with Crippen LogP contribution in [-0.4, -0.2) is 7.11 Å². The first-order chi connectivity index (χ1) is 2.77. The van der Waals surface area contributed by atoms with Gasteiger partial charge in [-0.15, -0.1) is 4.89 Å². The summed E-state index contributed by atoms with van der Waals surface area (Å²) in [5.41, 5.74) is 0. The molecule has 0 fully saturated rings. The smallest absolute Gasteiger partial charge is 0.318 e. The van der Waals surface area contributed by atoms with Crippen LogP contribution in [0.5, 0.6) is 0 Å². The Balaban J connectivity index is 2.63. The predicted molar refractivity (Wildman–Crippen MR) is 8.09 cm³/mol. The van der Waals surface area contributed by atoms with Crippen LogP contribution in [-0.2, 0) is 9.33 Å². The minimum atomic E-state index is -2.25. The largest absolute Gasteiger partial charge is 0.328 e. The van der Waals surface area contributed by atoms with Crippen molar-refractivity contribution in [1.82, 2.24) is 0 Å². The molecule has 0 radical (unpaired) electrons. The Morgan fingerprint density at radius 2 is 2.00 bits per heavy atom. The van der Waals surface area contributed by atoms with E-state index < -0.39 is 10.8 Å². The van der Waals surface area contributed by atoms with E-state index in [4.69, 9.17) is 0 Å². The lowest BCUT2D eigenvalue weighted by Crippen LogP contribution is -2.33.